The minimum Gasteiger partial charge on any atom is -0.0613 e. The van der Waals surface area contributed by atoms with Crippen molar-refractivity contribution in [2.75, 3.05) is 0 Å². The molecule has 5 rings (SSSR count). The van der Waals surface area contributed by atoms with Crippen LogP contribution in [-0.2, 0) is 19.3 Å². The van der Waals surface area contributed by atoms with Crippen molar-refractivity contribution in [1.29, 1.82) is 0 Å². The maximum atomic E-state index is 2.51. The Kier molecular flexibility index (Phi) is 4.48. The highest BCUT2D eigenvalue weighted by Gasteiger charge is 2.45. The van der Waals surface area contributed by atoms with Gasteiger partial charge in [0.15, 0.2) is 0 Å². The molecular weight excluding hydrogens is 300 g/mol. The second kappa shape index (κ2) is 6.63. The van der Waals surface area contributed by atoms with Gasteiger partial charge in [0.2, 0.25) is 0 Å². The van der Waals surface area contributed by atoms with Gasteiger partial charge in [-0.25, -0.2) is 0 Å². The molecule has 0 saturated heterocycles. The molecule has 0 unspecified atom stereocenters. The van der Waals surface area contributed by atoms with Crippen molar-refractivity contribution < 1.29 is 0 Å². The number of fused-ring (bicyclic) bond motifs is 3. The third-order valence-electron chi connectivity index (χ3n) is 7.22. The largest absolute Gasteiger partial charge is 0.0613 e. The lowest BCUT2D eigenvalue weighted by atomic mass is 9.53. The quantitative estimate of drug-likeness (QED) is 0.568. The molecule has 0 N–H and O–H groups in total. The van der Waals surface area contributed by atoms with Crippen LogP contribution in [0.3, 0.4) is 0 Å². The zero-order valence-electron chi connectivity index (χ0n) is 16.0. The molecule has 0 spiro atoms. The van der Waals surface area contributed by atoms with Crippen molar-refractivity contribution in [3.05, 3.63) is 70.8 Å². The molecule has 0 heteroatoms. The Bertz CT molecular complexity index is 680. The van der Waals surface area contributed by atoms with Gasteiger partial charge in [0.1, 0.15) is 0 Å². The molecule has 0 aromatic heterocycles. The monoisotopic (exact) mass is 332 g/mol. The lowest BCUT2D eigenvalue weighted by molar-refractivity contribution is 0.00356. The van der Waals surface area contributed by atoms with Crippen LogP contribution in [0.4, 0.5) is 0 Å². The molecule has 0 nitrogen and oxygen atoms in total. The molecular formula is C25H32. The van der Waals surface area contributed by atoms with Crippen LogP contribution in [0, 0.1) is 10.8 Å². The summed E-state index contributed by atoms with van der Waals surface area (Å²) in [5, 5.41) is 0. The van der Waals surface area contributed by atoms with E-state index in [1.165, 1.54) is 61.6 Å². The summed E-state index contributed by atoms with van der Waals surface area (Å²) >= 11 is 0. The summed E-state index contributed by atoms with van der Waals surface area (Å²) in [5.74, 6) is 0. The average molecular weight is 333 g/mol. The van der Waals surface area contributed by atoms with Crippen LogP contribution in [0.15, 0.2) is 48.5 Å². The minimum absolute atomic E-state index is 0.620. The van der Waals surface area contributed by atoms with E-state index in [2.05, 4.69) is 62.4 Å². The maximum absolute atomic E-state index is 2.51. The van der Waals surface area contributed by atoms with E-state index < -0.39 is 0 Å². The SMILES string of the molecule is CCc1ccc(Cc2ccc(CC34CCC(C)(CC3)CC4)cc2)cc1. The summed E-state index contributed by atoms with van der Waals surface area (Å²) in [6.07, 6.45) is 12.2. The molecule has 132 valence electrons. The Morgan fingerprint density at radius 2 is 1.08 bits per heavy atom. The fourth-order valence-electron chi connectivity index (χ4n) is 5.05. The van der Waals surface area contributed by atoms with Crippen molar-refractivity contribution in [3.63, 3.8) is 0 Å². The van der Waals surface area contributed by atoms with Gasteiger partial charge in [-0.2, -0.15) is 0 Å². The van der Waals surface area contributed by atoms with Gasteiger partial charge in [0, 0.05) is 0 Å². The van der Waals surface area contributed by atoms with Gasteiger partial charge in [-0.1, -0.05) is 62.4 Å². The first kappa shape index (κ1) is 16.9. The number of rotatable bonds is 5. The van der Waals surface area contributed by atoms with Crippen LogP contribution < -0.4 is 0 Å². The normalized spacial score (nSPS) is 28.2. The highest BCUT2D eigenvalue weighted by molar-refractivity contribution is 5.31. The summed E-state index contributed by atoms with van der Waals surface area (Å²) in [7, 11) is 0. The molecule has 3 aliphatic rings. The van der Waals surface area contributed by atoms with Gasteiger partial charge < -0.3 is 0 Å². The van der Waals surface area contributed by atoms with Gasteiger partial charge in [-0.3, -0.25) is 0 Å². The van der Waals surface area contributed by atoms with Crippen molar-refractivity contribution in [1.82, 2.24) is 0 Å². The third kappa shape index (κ3) is 3.68. The first-order valence-corrected chi connectivity index (χ1v) is 10.2. The van der Waals surface area contributed by atoms with Crippen LogP contribution in [0.1, 0.15) is 74.6 Å². The summed E-state index contributed by atoms with van der Waals surface area (Å²) in [6, 6.07) is 18.6. The molecule has 2 aromatic carbocycles. The van der Waals surface area contributed by atoms with Crippen molar-refractivity contribution in [2.24, 2.45) is 10.8 Å². The van der Waals surface area contributed by atoms with Gasteiger partial charge in [0.25, 0.3) is 0 Å². The summed E-state index contributed by atoms with van der Waals surface area (Å²) in [6.45, 7) is 4.73. The summed E-state index contributed by atoms with van der Waals surface area (Å²) < 4.78 is 0. The predicted molar refractivity (Wildman–Crippen MR) is 107 cm³/mol. The summed E-state index contributed by atoms with van der Waals surface area (Å²) in [5.41, 5.74) is 7.13. The molecule has 0 aliphatic heterocycles. The number of benzene rings is 2. The van der Waals surface area contributed by atoms with Crippen molar-refractivity contribution >= 4 is 0 Å². The Morgan fingerprint density at radius 1 is 0.640 bits per heavy atom. The fraction of sp³-hybridized carbons (Fsp3) is 0.520. The minimum atomic E-state index is 0.620. The first-order valence-electron chi connectivity index (χ1n) is 10.2. The van der Waals surface area contributed by atoms with Crippen LogP contribution in [0.25, 0.3) is 0 Å². The van der Waals surface area contributed by atoms with Gasteiger partial charge in [0.05, 0.1) is 0 Å². The molecule has 3 saturated carbocycles. The molecule has 2 bridgehead atoms. The molecule has 3 aliphatic carbocycles. The van der Waals surface area contributed by atoms with Gasteiger partial charge in [-0.15, -0.1) is 0 Å². The Morgan fingerprint density at radius 3 is 1.56 bits per heavy atom. The van der Waals surface area contributed by atoms with Crippen molar-refractivity contribution in [3.8, 4) is 0 Å². The van der Waals surface area contributed by atoms with E-state index in [-0.39, 0.29) is 0 Å². The molecule has 0 amide bonds. The molecule has 0 atom stereocenters. The molecule has 25 heavy (non-hydrogen) atoms. The second-order valence-corrected chi connectivity index (χ2v) is 9.15. The zero-order chi connectivity index (χ0) is 17.3. The summed E-state index contributed by atoms with van der Waals surface area (Å²) in [4.78, 5) is 0. The molecule has 0 radical (unpaired) electrons. The molecule has 3 fully saturated rings. The number of hydrogen-bond acceptors (Lipinski definition) is 0. The fourth-order valence-corrected chi connectivity index (χ4v) is 5.05. The second-order valence-electron chi connectivity index (χ2n) is 9.15. The van der Waals surface area contributed by atoms with E-state index in [4.69, 9.17) is 0 Å². The van der Waals surface area contributed by atoms with Crippen LogP contribution in [0.2, 0.25) is 0 Å². The molecule has 0 heterocycles. The topological polar surface area (TPSA) is 0 Å². The highest BCUT2D eigenvalue weighted by atomic mass is 14.5. The third-order valence-corrected chi connectivity index (χ3v) is 7.22. The lowest BCUT2D eigenvalue weighted by Gasteiger charge is -2.52. The Labute approximate surface area is 153 Å². The van der Waals surface area contributed by atoms with Crippen LogP contribution in [0.5, 0.6) is 0 Å². The van der Waals surface area contributed by atoms with Crippen molar-refractivity contribution in [2.45, 2.75) is 71.6 Å². The van der Waals surface area contributed by atoms with E-state index in [0.29, 0.717) is 10.8 Å². The molecule has 2 aromatic rings. The van der Waals surface area contributed by atoms with E-state index >= 15 is 0 Å². The number of aryl methyl sites for hydroxylation is 1. The predicted octanol–water partition coefficient (Wildman–Crippen LogP) is 6.74. The van der Waals surface area contributed by atoms with Gasteiger partial charge >= 0.3 is 0 Å². The standard InChI is InChI=1S/C25H32/c1-3-20-4-6-21(7-5-20)18-22-8-10-23(11-9-22)19-25-15-12-24(2,13-16-25)14-17-25/h4-11H,3,12-19H2,1-2H3. The highest BCUT2D eigenvalue weighted by Crippen LogP contribution is 2.57. The van der Waals surface area contributed by atoms with Gasteiger partial charge in [-0.05, 0) is 90.9 Å². The van der Waals surface area contributed by atoms with E-state index in [9.17, 15) is 0 Å². The van der Waals surface area contributed by atoms with E-state index in [0.717, 1.165) is 12.8 Å². The Balaban J connectivity index is 1.40. The first-order chi connectivity index (χ1) is 12.1. The Hall–Kier alpha value is -1.56. The average Bonchev–Trinajstić information content (AvgIpc) is 2.65. The van der Waals surface area contributed by atoms with E-state index in [1.54, 1.807) is 5.56 Å². The smallest absolute Gasteiger partial charge is 0.00258 e. The lowest BCUT2D eigenvalue weighted by Crippen LogP contribution is -2.41. The van der Waals surface area contributed by atoms with Crippen LogP contribution in [-0.4, -0.2) is 0 Å². The number of hydrogen-bond donors (Lipinski definition) is 0. The van der Waals surface area contributed by atoms with E-state index in [1.807, 2.05) is 0 Å². The van der Waals surface area contributed by atoms with Crippen LogP contribution >= 0.6 is 0 Å². The zero-order valence-corrected chi connectivity index (χ0v) is 16.0. The maximum Gasteiger partial charge on any atom is -0.00258 e.